The molecule has 1 aromatic rings. The average Bonchev–Trinajstić information content (AvgIpc) is 2.82. The van der Waals surface area contributed by atoms with Crippen LogP contribution in [0.3, 0.4) is 0 Å². The van der Waals surface area contributed by atoms with Crippen LogP contribution in [0.2, 0.25) is 0 Å². The van der Waals surface area contributed by atoms with Crippen molar-refractivity contribution in [3.63, 3.8) is 0 Å². The highest BCUT2D eigenvalue weighted by Gasteiger charge is 2.46. The zero-order valence-electron chi connectivity index (χ0n) is 13.2. The number of hydrogen-bond acceptors (Lipinski definition) is 4. The quantitative estimate of drug-likeness (QED) is 0.451. The lowest BCUT2D eigenvalue weighted by Crippen LogP contribution is -2.37. The molecule has 0 spiro atoms. The van der Waals surface area contributed by atoms with Crippen molar-refractivity contribution >= 4 is 17.6 Å². The Morgan fingerprint density at radius 1 is 1.24 bits per heavy atom. The van der Waals surface area contributed by atoms with Crippen LogP contribution in [0, 0.1) is 5.92 Å². The van der Waals surface area contributed by atoms with Gasteiger partial charge in [-0.1, -0.05) is 18.2 Å². The highest BCUT2D eigenvalue weighted by molar-refractivity contribution is 6.42. The van der Waals surface area contributed by atoms with Crippen molar-refractivity contribution < 1.29 is 32.3 Å². The minimum Gasteiger partial charge on any atom is -0.494 e. The molecule has 0 aromatic heterocycles. The maximum atomic E-state index is 12.3. The van der Waals surface area contributed by atoms with E-state index in [4.69, 9.17) is 4.74 Å². The molecule has 1 unspecified atom stereocenters. The van der Waals surface area contributed by atoms with Crippen LogP contribution in [0.5, 0.6) is 5.75 Å². The fourth-order valence-corrected chi connectivity index (χ4v) is 2.36. The summed E-state index contributed by atoms with van der Waals surface area (Å²) in [5, 5.41) is 2.45. The molecule has 1 aromatic carbocycles. The van der Waals surface area contributed by atoms with Gasteiger partial charge in [0, 0.05) is 13.1 Å². The molecule has 1 N–H and O–H groups in total. The molecular weight excluding hydrogens is 341 g/mol. The number of halogens is 3. The van der Waals surface area contributed by atoms with Crippen molar-refractivity contribution in [2.45, 2.75) is 12.6 Å². The number of amides is 2. The first kappa shape index (κ1) is 18.8. The summed E-state index contributed by atoms with van der Waals surface area (Å²) >= 11 is 0. The van der Waals surface area contributed by atoms with E-state index >= 15 is 0 Å². The van der Waals surface area contributed by atoms with E-state index in [9.17, 15) is 27.6 Å². The third-order valence-corrected chi connectivity index (χ3v) is 3.54. The molecule has 0 aliphatic carbocycles. The third-order valence-electron chi connectivity index (χ3n) is 3.54. The number of ketones is 1. The number of likely N-dealkylation sites (tertiary alicyclic amines) is 1. The molecule has 1 saturated heterocycles. The first-order valence-electron chi connectivity index (χ1n) is 7.63. The third kappa shape index (κ3) is 5.47. The van der Waals surface area contributed by atoms with Crippen molar-refractivity contribution in [2.24, 2.45) is 5.92 Å². The fourth-order valence-electron chi connectivity index (χ4n) is 2.36. The molecule has 6 nitrogen and oxygen atoms in total. The van der Waals surface area contributed by atoms with E-state index < -0.39 is 42.8 Å². The summed E-state index contributed by atoms with van der Waals surface area (Å²) in [4.78, 5) is 35.4. The molecule has 136 valence electrons. The summed E-state index contributed by atoms with van der Waals surface area (Å²) in [5.74, 6) is -3.85. The van der Waals surface area contributed by atoms with Crippen LogP contribution in [0.1, 0.15) is 6.42 Å². The van der Waals surface area contributed by atoms with Gasteiger partial charge in [-0.15, -0.1) is 0 Å². The van der Waals surface area contributed by atoms with Crippen LogP contribution in [-0.4, -0.2) is 54.9 Å². The van der Waals surface area contributed by atoms with Gasteiger partial charge < -0.3 is 15.0 Å². The molecule has 1 fully saturated rings. The van der Waals surface area contributed by atoms with Crippen LogP contribution in [0.4, 0.5) is 13.2 Å². The van der Waals surface area contributed by atoms with Crippen LogP contribution < -0.4 is 10.1 Å². The highest BCUT2D eigenvalue weighted by atomic mass is 19.4. The molecule has 0 radical (unpaired) electrons. The largest absolute Gasteiger partial charge is 0.494 e. The lowest BCUT2D eigenvalue weighted by Gasteiger charge is -2.17. The molecule has 0 bridgehead atoms. The number of benzene rings is 1. The Balaban J connectivity index is 1.73. The van der Waals surface area contributed by atoms with Gasteiger partial charge in [0.25, 0.3) is 5.91 Å². The minimum absolute atomic E-state index is 0.183. The Morgan fingerprint density at radius 3 is 2.56 bits per heavy atom. The molecular formula is C16H17F3N2O4. The number of rotatable bonds is 7. The molecule has 1 aliphatic rings. The van der Waals surface area contributed by atoms with Crippen LogP contribution in [0.15, 0.2) is 30.3 Å². The SMILES string of the molecule is O=C(NCCCOc1ccccc1)C1CN(CC(F)(F)F)C(=O)C1=O. The summed E-state index contributed by atoms with van der Waals surface area (Å²) in [6.45, 7) is -1.58. The number of carbonyl (C=O) groups is 3. The monoisotopic (exact) mass is 358 g/mol. The Bertz CT molecular complexity index is 634. The first-order valence-corrected chi connectivity index (χ1v) is 7.63. The van der Waals surface area contributed by atoms with Crippen LogP contribution in [0.25, 0.3) is 0 Å². The van der Waals surface area contributed by atoms with Gasteiger partial charge >= 0.3 is 6.18 Å². The Morgan fingerprint density at radius 2 is 1.92 bits per heavy atom. The summed E-state index contributed by atoms with van der Waals surface area (Å²) in [7, 11) is 0. The van der Waals surface area contributed by atoms with E-state index in [0.717, 1.165) is 0 Å². The number of nitrogens with zero attached hydrogens (tertiary/aromatic N) is 1. The van der Waals surface area contributed by atoms with Crippen molar-refractivity contribution in [1.82, 2.24) is 10.2 Å². The van der Waals surface area contributed by atoms with E-state index in [-0.39, 0.29) is 6.54 Å². The summed E-state index contributed by atoms with van der Waals surface area (Å²) in [6.07, 6.45) is -4.17. The van der Waals surface area contributed by atoms with Gasteiger partial charge in [0.15, 0.2) is 0 Å². The van der Waals surface area contributed by atoms with Crippen molar-refractivity contribution in [1.29, 1.82) is 0 Å². The topological polar surface area (TPSA) is 75.7 Å². The number of Topliss-reactive ketones (excluding diaryl/α,β-unsaturated/α-hetero) is 1. The molecule has 1 atom stereocenters. The molecule has 9 heteroatoms. The van der Waals surface area contributed by atoms with Crippen LogP contribution in [-0.2, 0) is 14.4 Å². The first-order chi connectivity index (χ1) is 11.8. The number of para-hydroxylation sites is 1. The Kier molecular flexibility index (Phi) is 6.00. The van der Waals surface area contributed by atoms with Gasteiger partial charge in [-0.25, -0.2) is 0 Å². The standard InChI is InChI=1S/C16H17F3N2O4/c17-16(18,19)10-21-9-12(13(22)15(21)24)14(23)20-7-4-8-25-11-5-2-1-3-6-11/h1-3,5-6,12H,4,7-10H2,(H,20,23). The van der Waals surface area contributed by atoms with Gasteiger partial charge in [-0.2, -0.15) is 13.2 Å². The van der Waals surface area contributed by atoms with Crippen molar-refractivity contribution in [3.05, 3.63) is 30.3 Å². The van der Waals surface area contributed by atoms with E-state index in [1.165, 1.54) is 0 Å². The molecule has 0 saturated carbocycles. The predicted molar refractivity (Wildman–Crippen MR) is 80.7 cm³/mol. The minimum atomic E-state index is -4.61. The maximum absolute atomic E-state index is 12.3. The second-order valence-corrected chi connectivity index (χ2v) is 5.52. The second kappa shape index (κ2) is 8.00. The molecule has 1 heterocycles. The highest BCUT2D eigenvalue weighted by Crippen LogP contribution is 2.22. The van der Waals surface area contributed by atoms with Gasteiger partial charge in [0.2, 0.25) is 11.7 Å². The van der Waals surface area contributed by atoms with E-state index in [1.54, 1.807) is 12.1 Å². The summed E-state index contributed by atoms with van der Waals surface area (Å²) in [6, 6.07) is 9.02. The van der Waals surface area contributed by atoms with E-state index in [0.29, 0.717) is 23.7 Å². The molecule has 1 aliphatic heterocycles. The normalized spacial score (nSPS) is 17.7. The second-order valence-electron chi connectivity index (χ2n) is 5.52. The lowest BCUT2D eigenvalue weighted by molar-refractivity contribution is -0.159. The Labute approximate surface area is 141 Å². The molecule has 2 rings (SSSR count). The number of carbonyl (C=O) groups excluding carboxylic acids is 3. The molecule has 25 heavy (non-hydrogen) atoms. The van der Waals surface area contributed by atoms with Gasteiger partial charge in [-0.3, -0.25) is 14.4 Å². The number of hydrogen-bond donors (Lipinski definition) is 1. The van der Waals surface area contributed by atoms with Gasteiger partial charge in [0.05, 0.1) is 6.61 Å². The molecule has 2 amide bonds. The average molecular weight is 358 g/mol. The Hall–Kier alpha value is -2.58. The lowest BCUT2D eigenvalue weighted by atomic mass is 10.1. The maximum Gasteiger partial charge on any atom is 0.406 e. The summed E-state index contributed by atoms with van der Waals surface area (Å²) in [5.41, 5.74) is 0. The van der Waals surface area contributed by atoms with Gasteiger partial charge in [0.1, 0.15) is 18.2 Å². The zero-order valence-corrected chi connectivity index (χ0v) is 13.2. The predicted octanol–water partition coefficient (Wildman–Crippen LogP) is 1.16. The fraction of sp³-hybridized carbons (Fsp3) is 0.438. The summed E-state index contributed by atoms with van der Waals surface area (Å²) < 4.78 is 42.4. The number of nitrogens with one attached hydrogen (secondary N) is 1. The van der Waals surface area contributed by atoms with Crippen molar-refractivity contribution in [3.8, 4) is 5.75 Å². The smallest absolute Gasteiger partial charge is 0.406 e. The van der Waals surface area contributed by atoms with Crippen molar-refractivity contribution in [2.75, 3.05) is 26.2 Å². The van der Waals surface area contributed by atoms with E-state index in [2.05, 4.69) is 5.32 Å². The zero-order chi connectivity index (χ0) is 18.4. The van der Waals surface area contributed by atoms with Crippen LogP contribution >= 0.6 is 0 Å². The van der Waals surface area contributed by atoms with Gasteiger partial charge in [-0.05, 0) is 18.6 Å². The number of alkyl halides is 3. The van der Waals surface area contributed by atoms with E-state index in [1.807, 2.05) is 18.2 Å². The number of ether oxygens (including phenoxy) is 1.